The second kappa shape index (κ2) is 9.02. The summed E-state index contributed by atoms with van der Waals surface area (Å²) in [5.74, 6) is 0.821. The average Bonchev–Trinajstić information content (AvgIpc) is 2.70. The summed E-state index contributed by atoms with van der Waals surface area (Å²) in [5, 5.41) is 3.03. The van der Waals surface area contributed by atoms with Crippen LogP contribution in [0.2, 0.25) is 0 Å². The van der Waals surface area contributed by atoms with Gasteiger partial charge in [0.2, 0.25) is 0 Å². The number of rotatable bonds is 6. The lowest BCUT2D eigenvalue weighted by Gasteiger charge is -2.32. The molecule has 1 aliphatic rings. The quantitative estimate of drug-likeness (QED) is 0.687. The molecule has 0 radical (unpaired) electrons. The summed E-state index contributed by atoms with van der Waals surface area (Å²) in [4.78, 5) is 15.6. The van der Waals surface area contributed by atoms with Gasteiger partial charge in [0.15, 0.2) is 6.04 Å². The molecule has 27 heavy (non-hydrogen) atoms. The first-order valence-corrected chi connectivity index (χ1v) is 9.74. The van der Waals surface area contributed by atoms with Gasteiger partial charge < -0.3 is 19.9 Å². The maximum atomic E-state index is 12.6. The maximum absolute atomic E-state index is 12.6. The van der Waals surface area contributed by atoms with Gasteiger partial charge in [-0.1, -0.05) is 30.3 Å². The molecule has 0 aliphatic carbocycles. The molecule has 1 fully saturated rings. The van der Waals surface area contributed by atoms with E-state index in [9.17, 15) is 4.79 Å². The molecule has 0 saturated carbocycles. The highest BCUT2D eigenvalue weighted by Gasteiger charge is 2.31. The third-order valence-electron chi connectivity index (χ3n) is 5.64. The molecule has 3 rings (SSSR count). The number of nitrogens with one attached hydrogen (secondary N) is 3. The molecule has 0 bridgehead atoms. The van der Waals surface area contributed by atoms with Crippen LogP contribution in [0, 0.1) is 6.92 Å². The van der Waals surface area contributed by atoms with Gasteiger partial charge in [-0.05, 0) is 31.5 Å². The number of aryl methyl sites for hydroxylation is 1. The molecule has 2 aromatic rings. The van der Waals surface area contributed by atoms with E-state index in [1.807, 2.05) is 31.2 Å². The van der Waals surface area contributed by atoms with Crippen LogP contribution in [0.15, 0.2) is 48.5 Å². The fourth-order valence-electron chi connectivity index (χ4n) is 3.75. The lowest BCUT2D eigenvalue weighted by Crippen LogP contribution is -3.29. The van der Waals surface area contributed by atoms with Crippen LogP contribution in [-0.4, -0.2) is 45.2 Å². The second-order valence-electron chi connectivity index (χ2n) is 7.45. The van der Waals surface area contributed by atoms with Crippen molar-refractivity contribution in [3.63, 3.8) is 0 Å². The molecule has 0 unspecified atom stereocenters. The minimum atomic E-state index is -0.0591. The van der Waals surface area contributed by atoms with Crippen LogP contribution in [0.3, 0.4) is 0 Å². The van der Waals surface area contributed by atoms with Crippen molar-refractivity contribution in [2.75, 3.05) is 38.6 Å². The SMILES string of the molecule is COc1cccc(NC(=O)[C@@H](C)[NH+]2CC[NH+](Cc3ccccc3C)CC2)c1. The molecule has 1 saturated heterocycles. The predicted molar refractivity (Wildman–Crippen MR) is 107 cm³/mol. The first-order valence-electron chi connectivity index (χ1n) is 9.74. The predicted octanol–water partition coefficient (Wildman–Crippen LogP) is 0.314. The van der Waals surface area contributed by atoms with Crippen molar-refractivity contribution in [1.82, 2.24) is 0 Å². The normalized spacial score (nSPS) is 20.7. The van der Waals surface area contributed by atoms with Crippen molar-refractivity contribution in [1.29, 1.82) is 0 Å². The second-order valence-corrected chi connectivity index (χ2v) is 7.45. The summed E-state index contributed by atoms with van der Waals surface area (Å²) >= 11 is 0. The third-order valence-corrected chi connectivity index (χ3v) is 5.64. The summed E-state index contributed by atoms with van der Waals surface area (Å²) in [6, 6.07) is 16.1. The summed E-state index contributed by atoms with van der Waals surface area (Å²) in [6.45, 7) is 9.52. The molecule has 1 aliphatic heterocycles. The van der Waals surface area contributed by atoms with E-state index < -0.39 is 0 Å². The lowest BCUT2D eigenvalue weighted by atomic mass is 10.1. The fraction of sp³-hybridized carbons (Fsp3) is 0.409. The highest BCUT2D eigenvalue weighted by Crippen LogP contribution is 2.16. The molecular formula is C22H31N3O2+2. The van der Waals surface area contributed by atoms with Crippen LogP contribution in [0.25, 0.3) is 0 Å². The Bertz CT molecular complexity index is 770. The minimum absolute atomic E-state index is 0.0591. The van der Waals surface area contributed by atoms with Crippen molar-refractivity contribution in [3.05, 3.63) is 59.7 Å². The van der Waals surface area contributed by atoms with E-state index in [1.165, 1.54) is 16.0 Å². The number of benzene rings is 2. The number of anilines is 1. The van der Waals surface area contributed by atoms with E-state index in [2.05, 4.69) is 36.5 Å². The van der Waals surface area contributed by atoms with Crippen molar-refractivity contribution in [2.24, 2.45) is 0 Å². The van der Waals surface area contributed by atoms with Crippen LogP contribution in [-0.2, 0) is 11.3 Å². The van der Waals surface area contributed by atoms with Gasteiger partial charge in [-0.3, -0.25) is 4.79 Å². The number of carbonyl (C=O) groups is 1. The van der Waals surface area contributed by atoms with Gasteiger partial charge in [-0.25, -0.2) is 0 Å². The molecule has 2 aromatic carbocycles. The monoisotopic (exact) mass is 369 g/mol. The first-order chi connectivity index (χ1) is 13.1. The highest BCUT2D eigenvalue weighted by molar-refractivity contribution is 5.93. The zero-order valence-electron chi connectivity index (χ0n) is 16.5. The molecule has 144 valence electrons. The van der Waals surface area contributed by atoms with Crippen molar-refractivity contribution < 1.29 is 19.3 Å². The average molecular weight is 370 g/mol. The Morgan fingerprint density at radius 3 is 2.56 bits per heavy atom. The number of hydrogen-bond acceptors (Lipinski definition) is 2. The van der Waals surface area contributed by atoms with Crippen LogP contribution in [0.1, 0.15) is 18.1 Å². The Kier molecular flexibility index (Phi) is 6.48. The first kappa shape index (κ1) is 19.4. The molecule has 1 amide bonds. The summed E-state index contributed by atoms with van der Waals surface area (Å²) in [5.41, 5.74) is 3.58. The van der Waals surface area contributed by atoms with Gasteiger partial charge in [0.05, 0.1) is 7.11 Å². The summed E-state index contributed by atoms with van der Waals surface area (Å²) in [6.07, 6.45) is 0. The highest BCUT2D eigenvalue weighted by atomic mass is 16.5. The molecule has 0 aromatic heterocycles. The Labute approximate surface area is 161 Å². The fourth-order valence-corrected chi connectivity index (χ4v) is 3.75. The van der Waals surface area contributed by atoms with Gasteiger partial charge in [0, 0.05) is 17.3 Å². The zero-order valence-corrected chi connectivity index (χ0v) is 16.5. The summed E-state index contributed by atoms with van der Waals surface area (Å²) in [7, 11) is 1.63. The van der Waals surface area contributed by atoms with E-state index >= 15 is 0 Å². The number of quaternary nitrogens is 2. The van der Waals surface area contributed by atoms with Crippen molar-refractivity contribution in [3.8, 4) is 5.75 Å². The number of carbonyl (C=O) groups excluding carboxylic acids is 1. The topological polar surface area (TPSA) is 47.2 Å². The van der Waals surface area contributed by atoms with Crippen molar-refractivity contribution in [2.45, 2.75) is 26.4 Å². The van der Waals surface area contributed by atoms with Crippen LogP contribution >= 0.6 is 0 Å². The van der Waals surface area contributed by atoms with E-state index in [1.54, 1.807) is 12.0 Å². The molecule has 1 atom stereocenters. The third kappa shape index (κ3) is 5.08. The van der Waals surface area contributed by atoms with E-state index in [0.717, 1.165) is 44.2 Å². The standard InChI is InChI=1S/C22H29N3O2/c1-17-7-4-5-8-19(17)16-24-11-13-25(14-12-24)18(2)22(26)23-20-9-6-10-21(15-20)27-3/h4-10,15,18H,11-14,16H2,1-3H3,(H,23,26)/p+2/t18-/m1/s1. The van der Waals surface area contributed by atoms with Gasteiger partial charge >= 0.3 is 0 Å². The van der Waals surface area contributed by atoms with Gasteiger partial charge in [-0.2, -0.15) is 0 Å². The molecule has 3 N–H and O–H groups in total. The molecular weight excluding hydrogens is 338 g/mol. The minimum Gasteiger partial charge on any atom is -0.497 e. The number of amides is 1. The van der Waals surface area contributed by atoms with Gasteiger partial charge in [-0.15, -0.1) is 0 Å². The number of hydrogen-bond donors (Lipinski definition) is 3. The van der Waals surface area contributed by atoms with Gasteiger partial charge in [0.25, 0.3) is 5.91 Å². The van der Waals surface area contributed by atoms with E-state index in [-0.39, 0.29) is 11.9 Å². The Morgan fingerprint density at radius 1 is 1.11 bits per heavy atom. The van der Waals surface area contributed by atoms with Crippen LogP contribution in [0.4, 0.5) is 5.69 Å². The Balaban J connectivity index is 1.51. The largest absolute Gasteiger partial charge is 0.497 e. The number of methoxy groups -OCH3 is 1. The molecule has 5 heteroatoms. The molecule has 0 spiro atoms. The summed E-state index contributed by atoms with van der Waals surface area (Å²) < 4.78 is 5.22. The number of ether oxygens (including phenoxy) is 1. The molecule has 5 nitrogen and oxygen atoms in total. The zero-order chi connectivity index (χ0) is 19.2. The van der Waals surface area contributed by atoms with E-state index in [0.29, 0.717) is 0 Å². The van der Waals surface area contributed by atoms with Crippen LogP contribution in [0.5, 0.6) is 5.75 Å². The van der Waals surface area contributed by atoms with Crippen LogP contribution < -0.4 is 19.9 Å². The Morgan fingerprint density at radius 2 is 1.85 bits per heavy atom. The van der Waals surface area contributed by atoms with Gasteiger partial charge in [0.1, 0.15) is 38.5 Å². The smallest absolute Gasteiger partial charge is 0.282 e. The Hall–Kier alpha value is -2.37. The maximum Gasteiger partial charge on any atom is 0.282 e. The van der Waals surface area contributed by atoms with Crippen molar-refractivity contribution >= 4 is 11.6 Å². The number of piperazine rings is 1. The van der Waals surface area contributed by atoms with E-state index in [4.69, 9.17) is 4.74 Å². The molecule has 1 heterocycles. The lowest BCUT2D eigenvalue weighted by molar-refractivity contribution is -1.02.